The Kier molecular flexibility index (Phi) is 2.43. The van der Waals surface area contributed by atoms with Gasteiger partial charge in [-0.05, 0) is 22.4 Å². The Morgan fingerprint density at radius 3 is 2.54 bits per heavy atom. The van der Waals surface area contributed by atoms with Gasteiger partial charge in [-0.3, -0.25) is 0 Å². The van der Waals surface area contributed by atoms with Gasteiger partial charge in [-0.25, -0.2) is 0 Å². The van der Waals surface area contributed by atoms with Crippen LogP contribution in [-0.4, -0.2) is 9.76 Å². The molecule has 2 aromatic rings. The van der Waals surface area contributed by atoms with Gasteiger partial charge in [-0.2, -0.15) is 0 Å². The van der Waals surface area contributed by atoms with Crippen LogP contribution in [0.25, 0.3) is 10.8 Å². The summed E-state index contributed by atoms with van der Waals surface area (Å²) < 4.78 is 0. The molecule has 13 heavy (non-hydrogen) atoms. The van der Waals surface area contributed by atoms with E-state index in [0.717, 1.165) is 6.04 Å². The molecule has 0 aliphatic rings. The van der Waals surface area contributed by atoms with Gasteiger partial charge in [0.15, 0.2) is 0 Å². The number of hydrogen-bond acceptors (Lipinski definition) is 0. The molecule has 0 aliphatic carbocycles. The summed E-state index contributed by atoms with van der Waals surface area (Å²) in [5.41, 5.74) is 1.19. The second kappa shape index (κ2) is 3.73. The number of rotatable bonds is 2. The van der Waals surface area contributed by atoms with Crippen LogP contribution >= 0.6 is 0 Å². The summed E-state index contributed by atoms with van der Waals surface area (Å²) in [6, 6.07) is 15.3. The van der Waals surface area contributed by atoms with Crippen LogP contribution < -0.4 is 0 Å². The lowest BCUT2D eigenvalue weighted by atomic mass is 10.1. The van der Waals surface area contributed by atoms with E-state index in [9.17, 15) is 4.80 Å². The van der Waals surface area contributed by atoms with Crippen LogP contribution in [0.1, 0.15) is 5.56 Å². The van der Waals surface area contributed by atoms with Gasteiger partial charge in [0.1, 0.15) is 0 Å². The second-order valence-electron chi connectivity index (χ2n) is 3.14. The van der Waals surface area contributed by atoms with E-state index < -0.39 is 9.76 Å². The Hall–Kier alpha value is -1.12. The SMILES string of the molecule is [O][SiH2]Cc1ccc2ccccc2c1. The van der Waals surface area contributed by atoms with Crippen molar-refractivity contribution in [1.29, 1.82) is 0 Å². The molecule has 2 heteroatoms. The van der Waals surface area contributed by atoms with Crippen molar-refractivity contribution in [1.82, 2.24) is 0 Å². The fourth-order valence-electron chi connectivity index (χ4n) is 1.51. The molecule has 0 fully saturated rings. The van der Waals surface area contributed by atoms with Gasteiger partial charge in [0, 0.05) is 0 Å². The van der Waals surface area contributed by atoms with Gasteiger partial charge in [0.2, 0.25) is 9.76 Å². The molecule has 1 radical (unpaired) electrons. The first-order valence-corrected chi connectivity index (χ1v) is 6.03. The molecular weight excluding hydrogens is 176 g/mol. The average molecular weight is 187 g/mol. The number of fused-ring (bicyclic) bond motifs is 1. The van der Waals surface area contributed by atoms with Crippen LogP contribution in [0.2, 0.25) is 0 Å². The molecule has 0 bridgehead atoms. The normalized spacial score (nSPS) is 11.5. The summed E-state index contributed by atoms with van der Waals surface area (Å²) in [6.45, 7) is 0. The number of benzene rings is 2. The molecule has 0 aromatic heterocycles. The molecule has 0 atom stereocenters. The van der Waals surface area contributed by atoms with Crippen molar-refractivity contribution in [3.05, 3.63) is 48.0 Å². The maximum atomic E-state index is 10.6. The highest BCUT2D eigenvalue weighted by Crippen LogP contribution is 2.15. The Morgan fingerprint density at radius 2 is 1.77 bits per heavy atom. The molecule has 1 nitrogen and oxygen atoms in total. The van der Waals surface area contributed by atoms with Crippen LogP contribution in [0.5, 0.6) is 0 Å². The highest BCUT2D eigenvalue weighted by molar-refractivity contribution is 6.24. The maximum absolute atomic E-state index is 10.6. The molecule has 2 rings (SSSR count). The summed E-state index contributed by atoms with van der Waals surface area (Å²) >= 11 is 0. The fourth-order valence-corrected chi connectivity index (χ4v) is 2.06. The smallest absolute Gasteiger partial charge is 0.211 e. The van der Waals surface area contributed by atoms with Crippen molar-refractivity contribution < 1.29 is 4.80 Å². The van der Waals surface area contributed by atoms with Crippen LogP contribution in [0.3, 0.4) is 0 Å². The van der Waals surface area contributed by atoms with Crippen LogP contribution in [-0.2, 0) is 10.8 Å². The zero-order valence-corrected chi connectivity index (χ0v) is 8.78. The van der Waals surface area contributed by atoms with E-state index in [4.69, 9.17) is 0 Å². The quantitative estimate of drug-likeness (QED) is 0.639. The molecule has 0 unspecified atom stereocenters. The molecule has 0 saturated carbocycles. The lowest BCUT2D eigenvalue weighted by Gasteiger charge is -2.00. The van der Waals surface area contributed by atoms with Crippen molar-refractivity contribution in [2.24, 2.45) is 0 Å². The van der Waals surface area contributed by atoms with E-state index in [1.165, 1.54) is 16.3 Å². The fraction of sp³-hybridized carbons (Fsp3) is 0.0909. The lowest BCUT2D eigenvalue weighted by Crippen LogP contribution is -1.92. The minimum atomic E-state index is -1.10. The monoisotopic (exact) mass is 187 g/mol. The molecule has 0 aliphatic heterocycles. The van der Waals surface area contributed by atoms with Crippen LogP contribution in [0.15, 0.2) is 42.5 Å². The van der Waals surface area contributed by atoms with Gasteiger partial charge in [-0.15, -0.1) is 0 Å². The number of hydrogen-bond donors (Lipinski definition) is 0. The van der Waals surface area contributed by atoms with E-state index in [-0.39, 0.29) is 0 Å². The van der Waals surface area contributed by atoms with Gasteiger partial charge >= 0.3 is 0 Å². The van der Waals surface area contributed by atoms with Gasteiger partial charge < -0.3 is 4.80 Å². The lowest BCUT2D eigenvalue weighted by molar-refractivity contribution is 0.472. The van der Waals surface area contributed by atoms with Crippen molar-refractivity contribution >= 4 is 20.5 Å². The van der Waals surface area contributed by atoms with E-state index in [0.29, 0.717) is 0 Å². The van der Waals surface area contributed by atoms with E-state index in [1.807, 2.05) is 12.1 Å². The third kappa shape index (κ3) is 1.79. The average Bonchev–Trinajstić information content (AvgIpc) is 2.18. The van der Waals surface area contributed by atoms with Crippen molar-refractivity contribution in [2.75, 3.05) is 0 Å². The molecular formula is C11H11OSi. The minimum absolute atomic E-state index is 0.769. The molecule has 65 valence electrons. The largest absolute Gasteiger partial charge is 0.306 e. The summed E-state index contributed by atoms with van der Waals surface area (Å²) in [6.07, 6.45) is 0. The first-order valence-electron chi connectivity index (χ1n) is 4.46. The Labute approximate surface area is 80.0 Å². The molecule has 0 heterocycles. The second-order valence-corrected chi connectivity index (χ2v) is 4.04. The van der Waals surface area contributed by atoms with E-state index in [1.54, 1.807) is 0 Å². The van der Waals surface area contributed by atoms with Gasteiger partial charge in [0.05, 0.1) is 0 Å². The Morgan fingerprint density at radius 1 is 1.00 bits per heavy atom. The first-order chi connectivity index (χ1) is 6.40. The van der Waals surface area contributed by atoms with Crippen molar-refractivity contribution in [3.8, 4) is 0 Å². The van der Waals surface area contributed by atoms with Crippen molar-refractivity contribution in [2.45, 2.75) is 6.04 Å². The first kappa shape index (κ1) is 8.47. The molecule has 0 saturated heterocycles. The summed E-state index contributed by atoms with van der Waals surface area (Å²) in [5.74, 6) is 0. The molecule has 0 spiro atoms. The standard InChI is InChI=1S/C11H11OSi/c12-13-8-9-5-6-10-3-1-2-4-11(10)7-9/h1-7H,8,13H2. The van der Waals surface area contributed by atoms with Crippen molar-refractivity contribution in [3.63, 3.8) is 0 Å². The summed E-state index contributed by atoms with van der Waals surface area (Å²) in [7, 11) is -1.10. The predicted molar refractivity (Wildman–Crippen MR) is 56.9 cm³/mol. The van der Waals surface area contributed by atoms with Crippen LogP contribution in [0, 0.1) is 0 Å². The predicted octanol–water partition coefficient (Wildman–Crippen LogP) is 1.85. The topological polar surface area (TPSA) is 19.9 Å². The van der Waals surface area contributed by atoms with Gasteiger partial charge in [-0.1, -0.05) is 42.5 Å². The Bertz CT molecular complexity index is 412. The highest BCUT2D eigenvalue weighted by Gasteiger charge is 1.95. The minimum Gasteiger partial charge on any atom is -0.306 e. The highest BCUT2D eigenvalue weighted by atomic mass is 28.2. The van der Waals surface area contributed by atoms with E-state index >= 15 is 0 Å². The third-order valence-electron chi connectivity index (χ3n) is 2.20. The summed E-state index contributed by atoms with van der Waals surface area (Å²) in [4.78, 5) is 10.6. The zero-order valence-electron chi connectivity index (χ0n) is 7.36. The Balaban J connectivity index is 2.49. The van der Waals surface area contributed by atoms with Crippen LogP contribution in [0.4, 0.5) is 0 Å². The molecule has 0 amide bonds. The third-order valence-corrected chi connectivity index (χ3v) is 2.99. The summed E-state index contributed by atoms with van der Waals surface area (Å²) in [5, 5.41) is 2.49. The zero-order chi connectivity index (χ0) is 9.10. The maximum Gasteiger partial charge on any atom is 0.211 e. The molecule has 2 aromatic carbocycles. The van der Waals surface area contributed by atoms with E-state index in [2.05, 4.69) is 30.3 Å². The van der Waals surface area contributed by atoms with Gasteiger partial charge in [0.25, 0.3) is 0 Å². The molecule has 0 N–H and O–H groups in total.